The SMILES string of the molecule is CCC(=O)c1ccc(C(=O)OC)cc1N. The van der Waals surface area contributed by atoms with E-state index in [2.05, 4.69) is 4.74 Å². The molecule has 0 saturated carbocycles. The van der Waals surface area contributed by atoms with Gasteiger partial charge in [0, 0.05) is 17.7 Å². The quantitative estimate of drug-likeness (QED) is 0.464. The predicted octanol–water partition coefficient (Wildman–Crippen LogP) is 1.65. The van der Waals surface area contributed by atoms with Crippen LogP contribution in [0, 0.1) is 0 Å². The lowest BCUT2D eigenvalue weighted by Gasteiger charge is -2.05. The number of Topliss-reactive ketones (excluding diaryl/α,β-unsaturated/α-hetero) is 1. The van der Waals surface area contributed by atoms with E-state index in [9.17, 15) is 9.59 Å². The van der Waals surface area contributed by atoms with Gasteiger partial charge in [0.1, 0.15) is 0 Å². The van der Waals surface area contributed by atoms with E-state index < -0.39 is 5.97 Å². The van der Waals surface area contributed by atoms with Crippen LogP contribution in [0.4, 0.5) is 5.69 Å². The van der Waals surface area contributed by atoms with Crippen molar-refractivity contribution in [1.82, 2.24) is 0 Å². The summed E-state index contributed by atoms with van der Waals surface area (Å²) >= 11 is 0. The van der Waals surface area contributed by atoms with Crippen LogP contribution in [0.3, 0.4) is 0 Å². The highest BCUT2D eigenvalue weighted by Gasteiger charge is 2.11. The third kappa shape index (κ3) is 2.34. The number of rotatable bonds is 3. The van der Waals surface area contributed by atoms with Gasteiger partial charge in [-0.1, -0.05) is 6.92 Å². The van der Waals surface area contributed by atoms with Gasteiger partial charge in [-0.2, -0.15) is 0 Å². The van der Waals surface area contributed by atoms with E-state index >= 15 is 0 Å². The minimum absolute atomic E-state index is 0.0380. The van der Waals surface area contributed by atoms with Gasteiger partial charge in [-0.25, -0.2) is 4.79 Å². The molecule has 0 fully saturated rings. The molecular formula is C11H13NO3. The molecule has 1 rings (SSSR count). The fraction of sp³-hybridized carbons (Fsp3) is 0.273. The van der Waals surface area contributed by atoms with Crippen LogP contribution in [-0.4, -0.2) is 18.9 Å². The van der Waals surface area contributed by atoms with Crippen molar-refractivity contribution in [3.63, 3.8) is 0 Å². The summed E-state index contributed by atoms with van der Waals surface area (Å²) in [6.45, 7) is 1.76. The van der Waals surface area contributed by atoms with E-state index in [1.165, 1.54) is 19.2 Å². The van der Waals surface area contributed by atoms with Gasteiger partial charge in [-0.05, 0) is 18.2 Å². The van der Waals surface area contributed by atoms with E-state index in [1.807, 2.05) is 0 Å². The first kappa shape index (κ1) is 11.2. The Kier molecular flexibility index (Phi) is 3.44. The van der Waals surface area contributed by atoms with Crippen molar-refractivity contribution in [2.75, 3.05) is 12.8 Å². The second-order valence-electron chi connectivity index (χ2n) is 3.07. The molecule has 0 radical (unpaired) electrons. The van der Waals surface area contributed by atoms with Gasteiger partial charge < -0.3 is 10.5 Å². The number of anilines is 1. The Balaban J connectivity index is 3.08. The van der Waals surface area contributed by atoms with E-state index in [0.29, 0.717) is 23.2 Å². The monoisotopic (exact) mass is 207 g/mol. The zero-order valence-electron chi connectivity index (χ0n) is 8.74. The first-order chi connectivity index (χ1) is 7.10. The highest BCUT2D eigenvalue weighted by atomic mass is 16.5. The van der Waals surface area contributed by atoms with Crippen molar-refractivity contribution in [2.45, 2.75) is 13.3 Å². The molecule has 1 aromatic carbocycles. The number of benzene rings is 1. The lowest BCUT2D eigenvalue weighted by molar-refractivity contribution is 0.0600. The molecule has 80 valence electrons. The third-order valence-corrected chi connectivity index (χ3v) is 2.09. The van der Waals surface area contributed by atoms with Crippen molar-refractivity contribution in [1.29, 1.82) is 0 Å². The standard InChI is InChI=1S/C11H13NO3/c1-3-10(13)8-5-4-7(6-9(8)12)11(14)15-2/h4-6H,3,12H2,1-2H3. The summed E-state index contributed by atoms with van der Waals surface area (Å²) in [6, 6.07) is 4.53. The molecule has 0 bridgehead atoms. The maximum absolute atomic E-state index is 11.4. The van der Waals surface area contributed by atoms with Crippen LogP contribution in [0.5, 0.6) is 0 Å². The zero-order chi connectivity index (χ0) is 11.4. The number of esters is 1. The summed E-state index contributed by atoms with van der Waals surface area (Å²) in [5.74, 6) is -0.499. The van der Waals surface area contributed by atoms with E-state index in [0.717, 1.165) is 0 Å². The Morgan fingerprint density at radius 2 is 2.07 bits per heavy atom. The van der Waals surface area contributed by atoms with Crippen LogP contribution in [0.2, 0.25) is 0 Å². The van der Waals surface area contributed by atoms with Crippen molar-refractivity contribution in [3.8, 4) is 0 Å². The molecule has 0 spiro atoms. The maximum atomic E-state index is 11.4. The molecule has 15 heavy (non-hydrogen) atoms. The van der Waals surface area contributed by atoms with Crippen LogP contribution in [-0.2, 0) is 4.74 Å². The van der Waals surface area contributed by atoms with E-state index in [-0.39, 0.29) is 5.78 Å². The first-order valence-corrected chi connectivity index (χ1v) is 4.61. The molecule has 0 amide bonds. The summed E-state index contributed by atoms with van der Waals surface area (Å²) < 4.78 is 4.54. The van der Waals surface area contributed by atoms with Crippen molar-refractivity contribution < 1.29 is 14.3 Å². The zero-order valence-corrected chi connectivity index (χ0v) is 8.74. The summed E-state index contributed by atoms with van der Waals surface area (Å²) in [6.07, 6.45) is 0.391. The normalized spacial score (nSPS) is 9.73. The average Bonchev–Trinajstić information content (AvgIpc) is 2.26. The fourth-order valence-electron chi connectivity index (χ4n) is 1.25. The highest BCUT2D eigenvalue weighted by molar-refractivity contribution is 6.02. The summed E-state index contributed by atoms with van der Waals surface area (Å²) in [5, 5.41) is 0. The topological polar surface area (TPSA) is 69.4 Å². The minimum Gasteiger partial charge on any atom is -0.465 e. The average molecular weight is 207 g/mol. The number of methoxy groups -OCH3 is 1. The molecule has 0 aliphatic heterocycles. The number of nitrogens with two attached hydrogens (primary N) is 1. The van der Waals surface area contributed by atoms with Gasteiger partial charge in [0.05, 0.1) is 12.7 Å². The second-order valence-corrected chi connectivity index (χ2v) is 3.07. The lowest BCUT2D eigenvalue weighted by Crippen LogP contribution is -2.06. The molecule has 2 N–H and O–H groups in total. The maximum Gasteiger partial charge on any atom is 0.337 e. The Morgan fingerprint density at radius 3 is 2.53 bits per heavy atom. The molecule has 0 aromatic heterocycles. The molecule has 0 heterocycles. The van der Waals surface area contributed by atoms with Gasteiger partial charge in [-0.15, -0.1) is 0 Å². The van der Waals surface area contributed by atoms with Crippen molar-refractivity contribution >= 4 is 17.4 Å². The summed E-state index contributed by atoms with van der Waals surface area (Å²) in [4.78, 5) is 22.5. The van der Waals surface area contributed by atoms with Crippen LogP contribution < -0.4 is 5.73 Å². The van der Waals surface area contributed by atoms with Gasteiger partial charge in [0.25, 0.3) is 0 Å². The minimum atomic E-state index is -0.461. The largest absolute Gasteiger partial charge is 0.465 e. The fourth-order valence-corrected chi connectivity index (χ4v) is 1.25. The number of carbonyl (C=O) groups is 2. The highest BCUT2D eigenvalue weighted by Crippen LogP contribution is 2.16. The molecule has 0 aliphatic rings. The van der Waals surface area contributed by atoms with Crippen LogP contribution >= 0.6 is 0 Å². The number of nitrogen functional groups attached to an aromatic ring is 1. The number of hydrogen-bond acceptors (Lipinski definition) is 4. The molecule has 4 nitrogen and oxygen atoms in total. The van der Waals surface area contributed by atoms with Gasteiger partial charge in [0.2, 0.25) is 0 Å². The first-order valence-electron chi connectivity index (χ1n) is 4.61. The Labute approximate surface area is 88.0 Å². The van der Waals surface area contributed by atoms with Crippen molar-refractivity contribution in [3.05, 3.63) is 29.3 Å². The van der Waals surface area contributed by atoms with Gasteiger partial charge >= 0.3 is 5.97 Å². The summed E-state index contributed by atoms with van der Waals surface area (Å²) in [5.41, 5.74) is 6.77. The Bertz CT molecular complexity index is 399. The molecule has 0 saturated heterocycles. The van der Waals surface area contributed by atoms with E-state index in [4.69, 9.17) is 5.73 Å². The van der Waals surface area contributed by atoms with Crippen LogP contribution in [0.1, 0.15) is 34.1 Å². The number of carbonyl (C=O) groups excluding carboxylic acids is 2. The van der Waals surface area contributed by atoms with Crippen LogP contribution in [0.15, 0.2) is 18.2 Å². The van der Waals surface area contributed by atoms with Gasteiger partial charge in [-0.3, -0.25) is 4.79 Å². The molecule has 0 atom stereocenters. The predicted molar refractivity (Wildman–Crippen MR) is 56.8 cm³/mol. The lowest BCUT2D eigenvalue weighted by atomic mass is 10.0. The van der Waals surface area contributed by atoms with Crippen molar-refractivity contribution in [2.24, 2.45) is 0 Å². The Morgan fingerprint density at radius 1 is 1.40 bits per heavy atom. The van der Waals surface area contributed by atoms with Crippen LogP contribution in [0.25, 0.3) is 0 Å². The molecule has 4 heteroatoms. The number of ether oxygens (including phenoxy) is 1. The number of ketones is 1. The van der Waals surface area contributed by atoms with Gasteiger partial charge in [0.15, 0.2) is 5.78 Å². The number of hydrogen-bond donors (Lipinski definition) is 1. The Hall–Kier alpha value is -1.84. The molecule has 1 aromatic rings. The van der Waals surface area contributed by atoms with E-state index in [1.54, 1.807) is 13.0 Å². The molecule has 0 aliphatic carbocycles. The summed E-state index contributed by atoms with van der Waals surface area (Å²) in [7, 11) is 1.30. The molecular weight excluding hydrogens is 194 g/mol. The molecule has 0 unspecified atom stereocenters. The second kappa shape index (κ2) is 4.59. The third-order valence-electron chi connectivity index (χ3n) is 2.09. The smallest absolute Gasteiger partial charge is 0.337 e.